The number of hydrogen-bond acceptors (Lipinski definition) is 0. The van der Waals surface area contributed by atoms with Gasteiger partial charge in [-0.05, 0) is 57.9 Å². The second-order valence-electron chi connectivity index (χ2n) is 5.76. The lowest BCUT2D eigenvalue weighted by Gasteiger charge is -2.26. The predicted octanol–water partition coefficient (Wildman–Crippen LogP) is 5.81. The fraction of sp³-hybridized carbons (Fsp3) is 0.263. The summed E-state index contributed by atoms with van der Waals surface area (Å²) in [7, 11) is 0. The molecule has 0 saturated heterocycles. The molecule has 0 nitrogen and oxygen atoms in total. The van der Waals surface area contributed by atoms with Crippen LogP contribution in [0.5, 0.6) is 0 Å². The van der Waals surface area contributed by atoms with E-state index in [1.54, 1.807) is 11.1 Å². The molecular weight excluding hydrogens is 308 g/mol. The Bertz CT molecular complexity index is 788. The van der Waals surface area contributed by atoms with Gasteiger partial charge in [-0.1, -0.05) is 64.5 Å². The zero-order valence-electron chi connectivity index (χ0n) is 11.4. The normalized spacial score (nSPS) is 18.4. The zero-order chi connectivity index (χ0) is 13.5. The third kappa shape index (κ3) is 1.80. The summed E-state index contributed by atoms with van der Waals surface area (Å²) in [6.07, 6.45) is 3.87. The summed E-state index contributed by atoms with van der Waals surface area (Å²) >= 11 is 3.72. The molecule has 4 rings (SSSR count). The number of benzene rings is 3. The molecule has 1 unspecified atom stereocenters. The van der Waals surface area contributed by atoms with E-state index in [-0.39, 0.29) is 0 Å². The molecule has 0 saturated carbocycles. The Hall–Kier alpha value is -1.34. The Morgan fingerprint density at radius 2 is 1.75 bits per heavy atom. The van der Waals surface area contributed by atoms with Gasteiger partial charge in [-0.3, -0.25) is 0 Å². The monoisotopic (exact) mass is 324 g/mol. The molecule has 20 heavy (non-hydrogen) atoms. The summed E-state index contributed by atoms with van der Waals surface area (Å²) in [5.41, 5.74) is 3.15. The standard InChI is InChI=1S/C19H17Br/c20-12-15-6-3-5-14-9-10-17-16-7-2-1-4-13(16)8-11-18(17)19(14)15/h1-2,4,7-11,15H,3,5-6,12H2. The summed E-state index contributed by atoms with van der Waals surface area (Å²) in [6, 6.07) is 18.0. The number of hydrogen-bond donors (Lipinski definition) is 0. The molecule has 0 amide bonds. The molecule has 100 valence electrons. The van der Waals surface area contributed by atoms with Crippen LogP contribution in [0.4, 0.5) is 0 Å². The summed E-state index contributed by atoms with van der Waals surface area (Å²) in [5, 5.41) is 6.67. The highest BCUT2D eigenvalue weighted by molar-refractivity contribution is 9.09. The van der Waals surface area contributed by atoms with Crippen LogP contribution >= 0.6 is 15.9 Å². The molecule has 0 bridgehead atoms. The van der Waals surface area contributed by atoms with E-state index in [1.807, 2.05) is 0 Å². The van der Waals surface area contributed by atoms with E-state index >= 15 is 0 Å². The minimum absolute atomic E-state index is 0.670. The van der Waals surface area contributed by atoms with Gasteiger partial charge in [-0.2, -0.15) is 0 Å². The van der Waals surface area contributed by atoms with Crippen molar-refractivity contribution in [2.24, 2.45) is 0 Å². The van der Waals surface area contributed by atoms with E-state index in [0.717, 1.165) is 5.33 Å². The average molecular weight is 325 g/mol. The lowest BCUT2D eigenvalue weighted by molar-refractivity contribution is 0.603. The first kappa shape index (κ1) is 12.4. The molecule has 1 aliphatic carbocycles. The van der Waals surface area contributed by atoms with Crippen molar-refractivity contribution in [3.63, 3.8) is 0 Å². The Morgan fingerprint density at radius 3 is 2.65 bits per heavy atom. The average Bonchev–Trinajstić information content (AvgIpc) is 2.53. The predicted molar refractivity (Wildman–Crippen MR) is 90.9 cm³/mol. The van der Waals surface area contributed by atoms with Gasteiger partial charge in [0.2, 0.25) is 0 Å². The molecule has 3 aromatic rings. The van der Waals surface area contributed by atoms with Crippen molar-refractivity contribution in [1.82, 2.24) is 0 Å². The number of alkyl halides is 1. The fourth-order valence-electron chi connectivity index (χ4n) is 3.69. The molecule has 1 atom stereocenters. The van der Waals surface area contributed by atoms with Crippen molar-refractivity contribution in [1.29, 1.82) is 0 Å². The Morgan fingerprint density at radius 1 is 0.900 bits per heavy atom. The molecule has 0 radical (unpaired) electrons. The van der Waals surface area contributed by atoms with Crippen LogP contribution in [0.25, 0.3) is 21.5 Å². The summed E-state index contributed by atoms with van der Waals surface area (Å²) in [4.78, 5) is 0. The highest BCUT2D eigenvalue weighted by Crippen LogP contribution is 2.39. The van der Waals surface area contributed by atoms with Crippen LogP contribution in [-0.2, 0) is 6.42 Å². The first-order chi connectivity index (χ1) is 9.88. The van der Waals surface area contributed by atoms with E-state index in [4.69, 9.17) is 0 Å². The van der Waals surface area contributed by atoms with Crippen molar-refractivity contribution in [3.05, 3.63) is 59.7 Å². The van der Waals surface area contributed by atoms with Gasteiger partial charge in [0, 0.05) is 5.33 Å². The van der Waals surface area contributed by atoms with Gasteiger partial charge in [0.25, 0.3) is 0 Å². The van der Waals surface area contributed by atoms with Gasteiger partial charge in [0.15, 0.2) is 0 Å². The smallest absolute Gasteiger partial charge is 0.0101 e. The lowest BCUT2D eigenvalue weighted by Crippen LogP contribution is -2.11. The van der Waals surface area contributed by atoms with Crippen LogP contribution in [-0.4, -0.2) is 5.33 Å². The van der Waals surface area contributed by atoms with Crippen molar-refractivity contribution in [2.45, 2.75) is 25.2 Å². The van der Waals surface area contributed by atoms with Crippen LogP contribution < -0.4 is 0 Å². The maximum atomic E-state index is 3.72. The highest BCUT2D eigenvalue weighted by atomic mass is 79.9. The number of halogens is 1. The van der Waals surface area contributed by atoms with Gasteiger partial charge in [0.05, 0.1) is 0 Å². The van der Waals surface area contributed by atoms with Crippen molar-refractivity contribution in [2.75, 3.05) is 5.33 Å². The number of fused-ring (bicyclic) bond motifs is 5. The molecule has 0 aliphatic heterocycles. The largest absolute Gasteiger partial charge is 0.0921 e. The molecule has 3 aromatic carbocycles. The number of aryl methyl sites for hydroxylation is 1. The Kier molecular flexibility index (Phi) is 3.03. The third-order valence-electron chi connectivity index (χ3n) is 4.65. The summed E-state index contributed by atoms with van der Waals surface area (Å²) in [6.45, 7) is 0. The van der Waals surface area contributed by atoms with Gasteiger partial charge >= 0.3 is 0 Å². The highest BCUT2D eigenvalue weighted by Gasteiger charge is 2.21. The Balaban J connectivity index is 2.11. The van der Waals surface area contributed by atoms with E-state index < -0.39 is 0 Å². The summed E-state index contributed by atoms with van der Waals surface area (Å²) < 4.78 is 0. The topological polar surface area (TPSA) is 0 Å². The molecule has 0 spiro atoms. The van der Waals surface area contributed by atoms with Crippen molar-refractivity contribution >= 4 is 37.5 Å². The molecule has 0 aromatic heterocycles. The third-order valence-corrected chi connectivity index (χ3v) is 5.43. The van der Waals surface area contributed by atoms with E-state index in [9.17, 15) is 0 Å². The van der Waals surface area contributed by atoms with E-state index in [2.05, 4.69) is 64.5 Å². The first-order valence-electron chi connectivity index (χ1n) is 7.37. The van der Waals surface area contributed by atoms with Crippen LogP contribution in [0, 0.1) is 0 Å². The quantitative estimate of drug-likeness (QED) is 0.391. The second kappa shape index (κ2) is 4.89. The van der Waals surface area contributed by atoms with E-state index in [1.165, 1.54) is 40.8 Å². The van der Waals surface area contributed by atoms with Crippen LogP contribution in [0.2, 0.25) is 0 Å². The van der Waals surface area contributed by atoms with Gasteiger partial charge in [-0.25, -0.2) is 0 Å². The molecule has 0 fully saturated rings. The Labute approximate surface area is 127 Å². The molecule has 0 heterocycles. The van der Waals surface area contributed by atoms with Gasteiger partial charge < -0.3 is 0 Å². The second-order valence-corrected chi connectivity index (χ2v) is 6.41. The first-order valence-corrected chi connectivity index (χ1v) is 8.50. The minimum atomic E-state index is 0.670. The molecule has 1 heteroatoms. The van der Waals surface area contributed by atoms with Gasteiger partial charge in [-0.15, -0.1) is 0 Å². The fourth-order valence-corrected chi connectivity index (χ4v) is 4.34. The van der Waals surface area contributed by atoms with Crippen LogP contribution in [0.3, 0.4) is 0 Å². The zero-order valence-corrected chi connectivity index (χ0v) is 13.0. The minimum Gasteiger partial charge on any atom is -0.0921 e. The van der Waals surface area contributed by atoms with Gasteiger partial charge in [0.1, 0.15) is 0 Å². The van der Waals surface area contributed by atoms with E-state index in [0.29, 0.717) is 5.92 Å². The molecule has 1 aliphatic rings. The van der Waals surface area contributed by atoms with Crippen LogP contribution in [0.1, 0.15) is 29.9 Å². The van der Waals surface area contributed by atoms with Crippen molar-refractivity contribution in [3.8, 4) is 0 Å². The van der Waals surface area contributed by atoms with Crippen LogP contribution in [0.15, 0.2) is 48.5 Å². The molecule has 0 N–H and O–H groups in total. The maximum absolute atomic E-state index is 3.72. The van der Waals surface area contributed by atoms with Crippen molar-refractivity contribution < 1.29 is 0 Å². The SMILES string of the molecule is BrCC1CCCc2ccc3c(ccc4ccccc43)c21. The maximum Gasteiger partial charge on any atom is 0.0101 e. The summed E-state index contributed by atoms with van der Waals surface area (Å²) in [5.74, 6) is 0.670. The molecular formula is C19H17Br. The number of rotatable bonds is 1. The lowest BCUT2D eigenvalue weighted by atomic mass is 9.80.